The first kappa shape index (κ1) is 102. The van der Waals surface area contributed by atoms with Gasteiger partial charge in [0.05, 0.1) is 41.8 Å². The van der Waals surface area contributed by atoms with Gasteiger partial charge in [0.25, 0.3) is 29.5 Å². The molecule has 15 aromatic carbocycles. The molecule has 0 atom stereocenters. The summed E-state index contributed by atoms with van der Waals surface area (Å²) in [4.78, 5) is 84.5. The van der Waals surface area contributed by atoms with Crippen molar-refractivity contribution in [2.24, 2.45) is 0 Å². The average Bonchev–Trinajstić information content (AvgIpc) is 0.801. The maximum atomic E-state index is 13.2. The molecule has 0 bridgehead atoms. The minimum absolute atomic E-state index is 0.108. The molecule has 0 radical (unpaired) electrons. The largest absolute Gasteiger partial charge is 0.497 e. The minimum Gasteiger partial charge on any atom is -0.497 e. The Labute approximate surface area is 858 Å². The lowest BCUT2D eigenvalue weighted by atomic mass is 10.1. The van der Waals surface area contributed by atoms with Gasteiger partial charge in [-0.25, -0.2) is 4.39 Å². The van der Waals surface area contributed by atoms with E-state index in [9.17, 15) is 28.4 Å². The zero-order valence-corrected chi connectivity index (χ0v) is 82.4. The van der Waals surface area contributed by atoms with Crippen LogP contribution in [0.5, 0.6) is 69.0 Å². The van der Waals surface area contributed by atoms with E-state index in [2.05, 4.69) is 102 Å². The normalized spacial score (nSPS) is 10.6. The van der Waals surface area contributed by atoms with Crippen LogP contribution in [0.3, 0.4) is 0 Å². The molecule has 148 heavy (non-hydrogen) atoms. The van der Waals surface area contributed by atoms with Crippen LogP contribution in [-0.4, -0.2) is 101 Å². The number of carbonyl (C=O) groups is 5. The molecule has 0 fully saturated rings. The molecule has 0 saturated carbocycles. The Morgan fingerprint density at radius 1 is 0.230 bits per heavy atom. The fraction of sp³-hybridized carbons (Fsp3) is 0.120. The molecule has 0 spiro atoms. The lowest BCUT2D eigenvalue weighted by molar-refractivity contribution is 0.0945. The number of methoxy groups -OCH3 is 2. The molecule has 5 N–H and O–H groups in total. The number of nitrogens with one attached hydrogen (secondary N) is 5. The number of pyridine rings is 5. The summed E-state index contributed by atoms with van der Waals surface area (Å²) in [5, 5.41) is 19.3. The fourth-order valence-electron chi connectivity index (χ4n) is 16.3. The maximum absolute atomic E-state index is 13.2. The minimum atomic E-state index is -0.276. The summed E-state index contributed by atoms with van der Waals surface area (Å²) in [5.41, 5.74) is 16.1. The van der Waals surface area contributed by atoms with Crippen molar-refractivity contribution in [1.82, 2.24) is 51.5 Å². The van der Waals surface area contributed by atoms with E-state index in [1.54, 1.807) is 130 Å². The predicted molar refractivity (Wildman–Crippen MR) is 581 cm³/mol. The molecule has 5 heterocycles. The third kappa shape index (κ3) is 28.8. The lowest BCUT2D eigenvalue weighted by Gasteiger charge is -2.12. The van der Waals surface area contributed by atoms with Crippen LogP contribution in [0.15, 0.2) is 419 Å². The Balaban J connectivity index is 0.000000132. The molecule has 23 heteroatoms. The number of rotatable bonds is 32. The van der Waals surface area contributed by atoms with Gasteiger partial charge in [-0.3, -0.25) is 48.9 Å². The molecule has 0 unspecified atom stereocenters. The Morgan fingerprint density at radius 2 is 0.534 bits per heavy atom. The molecule has 0 aliphatic heterocycles. The van der Waals surface area contributed by atoms with Crippen LogP contribution in [0.25, 0.3) is 54.5 Å². The Morgan fingerprint density at radius 3 is 0.892 bits per heavy atom. The second-order valence-corrected chi connectivity index (χ2v) is 34.5. The summed E-state index contributed by atoms with van der Waals surface area (Å²) < 4.78 is 54.2. The molecule has 20 aromatic rings. The van der Waals surface area contributed by atoms with E-state index in [4.69, 9.17) is 33.2 Å². The highest BCUT2D eigenvalue weighted by Crippen LogP contribution is 2.37. The summed E-state index contributed by atoms with van der Waals surface area (Å²) in [5.74, 6) is 7.11. The number of benzene rings is 15. The Kier molecular flexibility index (Phi) is 35.7. The van der Waals surface area contributed by atoms with E-state index in [1.807, 2.05) is 262 Å². The number of carbonyl (C=O) groups excluding carboxylic acids is 5. The van der Waals surface area contributed by atoms with Crippen LogP contribution in [0, 0.1) is 26.6 Å². The van der Waals surface area contributed by atoms with Gasteiger partial charge < -0.3 is 59.7 Å². The highest BCUT2D eigenvalue weighted by molar-refractivity contribution is 5.98. The molecule has 5 aromatic heterocycles. The number of aryl methyl sites for hydroxylation is 3. The SMILES string of the molecule is COc1cc2c(Oc3cccc(C(=O)NCCc4ccccc4)c3)ccnc2cc1C.COc1ccc(C)c(CCNC(=O)c2cccc(Oc3ccnc4ccccc34)c2)c1.Cc1ccccc1CCNC(=O)c1cccc(Oc2ccnc3ccccc23)c1.O=C(NCCc1cccc(F)c1)c1cccc(Oc2ccnc3ccccc23)c1.O=C(NCCc1ccccc1)c1cccc(Oc2ccnc3ccccc23)c1. The number of amides is 5. The molecule has 5 amide bonds. The van der Waals surface area contributed by atoms with Gasteiger partial charge in [-0.2, -0.15) is 0 Å². The summed E-state index contributed by atoms with van der Waals surface area (Å²) in [7, 11) is 3.30. The number of fused-ring (bicyclic) bond motifs is 5. The molecule has 0 saturated heterocycles. The fourth-order valence-corrected chi connectivity index (χ4v) is 16.3. The van der Waals surface area contributed by atoms with Crippen LogP contribution in [0.2, 0.25) is 0 Å². The Hall–Kier alpha value is -18.8. The quantitative estimate of drug-likeness (QED) is 0.0262. The van der Waals surface area contributed by atoms with Gasteiger partial charge in [0, 0.05) is 118 Å². The van der Waals surface area contributed by atoms with Gasteiger partial charge in [0.15, 0.2) is 0 Å². The van der Waals surface area contributed by atoms with Crippen molar-refractivity contribution in [1.29, 1.82) is 0 Å². The highest BCUT2D eigenvalue weighted by atomic mass is 19.1. The standard InChI is InChI=1S/2C26H24N2O3.C25H22N2O2.C24H19FN2O2.C24H20N2O2/c1-18-10-11-21(30-2)16-19(18)12-14-28-26(29)20-6-5-7-22(17-20)31-25-13-15-27-24-9-4-3-8-23(24)25;1-18-15-23-22(17-25(18)30-2)24(12-14-27-23)31-21-10-6-9-20(16-21)26(29)28-13-11-19-7-4-3-5-8-19;1-18-7-2-3-8-19(18)13-15-27-25(28)20-9-6-10-21(17-20)29-24-14-16-26-23-12-5-4-11-22(23)24;25-19-7-3-5-17(15-19)11-13-27-24(28)18-6-4-8-20(16-18)29-23-12-14-26-22-10-2-1-9-21(22)23;27-24(26-15-13-18-7-2-1-3-8-18)19-9-6-10-20(17-19)28-23-14-16-25-22-12-5-4-11-21(22)23/h3-11,13,15-17H,12,14H2,1-2H3,(H,28,29);3-10,12,14-17H,11,13H2,1-2H3,(H,28,29);2-12,14,16-17H,13,15H2,1H3,(H,27,28);1-10,12,14-16H,11,13H2,(H,27,28);1-12,14,16-17H,13,15H2,(H,26,27). The highest BCUT2D eigenvalue weighted by Gasteiger charge is 2.19. The van der Waals surface area contributed by atoms with Gasteiger partial charge in [-0.15, -0.1) is 0 Å². The van der Waals surface area contributed by atoms with Crippen molar-refractivity contribution in [3.05, 3.63) is 497 Å². The van der Waals surface area contributed by atoms with Gasteiger partial charge in [-0.05, 0) is 304 Å². The van der Waals surface area contributed by atoms with Crippen molar-refractivity contribution in [2.75, 3.05) is 46.9 Å². The van der Waals surface area contributed by atoms with E-state index in [1.165, 1.54) is 39.9 Å². The molecular formula is C125H109FN10O12. The topological polar surface area (TPSA) is 275 Å². The number of para-hydroxylation sites is 4. The van der Waals surface area contributed by atoms with E-state index >= 15 is 0 Å². The van der Waals surface area contributed by atoms with E-state index in [0.717, 1.165) is 108 Å². The van der Waals surface area contributed by atoms with Gasteiger partial charge >= 0.3 is 0 Å². The van der Waals surface area contributed by atoms with E-state index in [0.29, 0.717) is 124 Å². The summed E-state index contributed by atoms with van der Waals surface area (Å²) in [6, 6.07) is 121. The smallest absolute Gasteiger partial charge is 0.251 e. The third-order valence-corrected chi connectivity index (χ3v) is 24.1. The van der Waals surface area contributed by atoms with Crippen molar-refractivity contribution >= 4 is 84.1 Å². The van der Waals surface area contributed by atoms with Crippen LogP contribution in [0.1, 0.15) is 96.3 Å². The van der Waals surface area contributed by atoms with Gasteiger partial charge in [-0.1, -0.05) is 182 Å². The molecule has 738 valence electrons. The predicted octanol–water partition coefficient (Wildman–Crippen LogP) is 26.1. The molecule has 0 aliphatic carbocycles. The van der Waals surface area contributed by atoms with Crippen molar-refractivity contribution in [3.63, 3.8) is 0 Å². The molecular weight excluding hydrogens is 1850 g/mol. The number of halogens is 1. The molecule has 20 rings (SSSR count). The average molecular weight is 1960 g/mol. The van der Waals surface area contributed by atoms with E-state index in [-0.39, 0.29) is 35.4 Å². The lowest BCUT2D eigenvalue weighted by Crippen LogP contribution is -2.25. The second-order valence-electron chi connectivity index (χ2n) is 34.5. The van der Waals surface area contributed by atoms with Crippen LogP contribution in [-0.2, 0) is 32.1 Å². The number of hydrogen-bond acceptors (Lipinski definition) is 17. The van der Waals surface area contributed by atoms with E-state index < -0.39 is 0 Å². The first-order valence-electron chi connectivity index (χ1n) is 48.6. The van der Waals surface area contributed by atoms with Crippen molar-refractivity contribution in [3.8, 4) is 69.0 Å². The maximum Gasteiger partial charge on any atom is 0.251 e. The first-order valence-corrected chi connectivity index (χ1v) is 48.6. The van der Waals surface area contributed by atoms with Gasteiger partial charge in [0.1, 0.15) is 74.8 Å². The van der Waals surface area contributed by atoms with Crippen molar-refractivity contribution < 1.29 is 61.5 Å². The number of ether oxygens (including phenoxy) is 7. The number of nitrogens with zero attached hydrogens (tertiary/aromatic N) is 5. The zero-order chi connectivity index (χ0) is 103. The van der Waals surface area contributed by atoms with Crippen molar-refractivity contribution in [2.45, 2.75) is 52.9 Å². The Bertz CT molecular complexity index is 7980. The first-order chi connectivity index (χ1) is 72.5. The summed E-state index contributed by atoms with van der Waals surface area (Å²) in [6.07, 6.45) is 12.2. The van der Waals surface area contributed by atoms with Crippen LogP contribution < -0.4 is 59.7 Å². The number of hydrogen-bond donors (Lipinski definition) is 5. The summed E-state index contributed by atoms with van der Waals surface area (Å²) in [6.45, 7) is 8.82. The third-order valence-electron chi connectivity index (χ3n) is 24.1. The summed E-state index contributed by atoms with van der Waals surface area (Å²) >= 11 is 0. The second kappa shape index (κ2) is 51.8. The van der Waals surface area contributed by atoms with Gasteiger partial charge in [0.2, 0.25) is 0 Å². The van der Waals surface area contributed by atoms with Crippen LogP contribution >= 0.6 is 0 Å². The van der Waals surface area contributed by atoms with Crippen LogP contribution in [0.4, 0.5) is 4.39 Å². The number of aromatic nitrogens is 5. The molecule has 0 aliphatic rings. The zero-order valence-electron chi connectivity index (χ0n) is 82.4. The monoisotopic (exact) mass is 1960 g/mol. The molecule has 22 nitrogen and oxygen atoms in total.